The van der Waals surface area contributed by atoms with E-state index in [2.05, 4.69) is 17.6 Å². The van der Waals surface area contributed by atoms with E-state index in [-0.39, 0.29) is 0 Å². The zero-order valence-electron chi connectivity index (χ0n) is 13.8. The van der Waals surface area contributed by atoms with Crippen LogP contribution in [0.2, 0.25) is 0 Å². The van der Waals surface area contributed by atoms with Crippen LogP contribution in [0.15, 0.2) is 18.2 Å². The lowest BCUT2D eigenvalue weighted by Gasteiger charge is -2.13. The molecule has 1 aromatic carbocycles. The van der Waals surface area contributed by atoms with Gasteiger partial charge in [0, 0.05) is 12.6 Å². The molecule has 1 aliphatic rings. The number of rotatable bonds is 7. The first-order chi connectivity index (χ1) is 11.0. The molecule has 6 heteroatoms. The van der Waals surface area contributed by atoms with Gasteiger partial charge in [-0.15, -0.1) is 0 Å². The topological polar surface area (TPSA) is 76.7 Å². The van der Waals surface area contributed by atoms with Crippen LogP contribution in [-0.2, 0) is 9.59 Å². The largest absolute Gasteiger partial charge is 0.494 e. The Morgan fingerprint density at radius 3 is 2.48 bits per heavy atom. The normalized spacial score (nSPS) is 18.9. The van der Waals surface area contributed by atoms with E-state index in [4.69, 9.17) is 9.47 Å². The maximum atomic E-state index is 12.0. The fraction of sp³-hybridized carbons (Fsp3) is 0.529. The monoisotopic (exact) mass is 320 g/mol. The van der Waals surface area contributed by atoms with E-state index < -0.39 is 11.8 Å². The van der Waals surface area contributed by atoms with Gasteiger partial charge in [0.15, 0.2) is 0 Å². The Balaban J connectivity index is 1.99. The highest BCUT2D eigenvalue weighted by Gasteiger charge is 2.33. The van der Waals surface area contributed by atoms with Crippen molar-refractivity contribution in [3.63, 3.8) is 0 Å². The predicted molar refractivity (Wildman–Crippen MR) is 87.7 cm³/mol. The van der Waals surface area contributed by atoms with E-state index >= 15 is 0 Å². The molecule has 2 rings (SSSR count). The minimum absolute atomic E-state index is 0.428. The van der Waals surface area contributed by atoms with E-state index in [1.807, 2.05) is 13.8 Å². The lowest BCUT2D eigenvalue weighted by molar-refractivity contribution is -0.136. The van der Waals surface area contributed by atoms with Gasteiger partial charge in [-0.3, -0.25) is 9.59 Å². The molecule has 2 amide bonds. The Morgan fingerprint density at radius 1 is 1.17 bits per heavy atom. The third kappa shape index (κ3) is 4.87. The first kappa shape index (κ1) is 17.1. The molecule has 1 aromatic rings. The van der Waals surface area contributed by atoms with Crippen molar-refractivity contribution in [2.75, 3.05) is 25.1 Å². The number of carbonyl (C=O) groups is 2. The molecule has 1 saturated carbocycles. The van der Waals surface area contributed by atoms with Crippen LogP contribution in [0.5, 0.6) is 11.5 Å². The van der Waals surface area contributed by atoms with Crippen molar-refractivity contribution in [2.24, 2.45) is 11.8 Å². The predicted octanol–water partition coefficient (Wildman–Crippen LogP) is 2.19. The van der Waals surface area contributed by atoms with Gasteiger partial charge < -0.3 is 20.1 Å². The van der Waals surface area contributed by atoms with Crippen molar-refractivity contribution in [3.05, 3.63) is 18.2 Å². The van der Waals surface area contributed by atoms with Gasteiger partial charge in [-0.2, -0.15) is 0 Å². The fourth-order valence-corrected chi connectivity index (χ4v) is 2.31. The molecule has 0 aromatic heterocycles. The Morgan fingerprint density at radius 2 is 1.87 bits per heavy atom. The average Bonchev–Trinajstić information content (AvgIpc) is 3.23. The van der Waals surface area contributed by atoms with Crippen molar-refractivity contribution in [1.29, 1.82) is 0 Å². The molecule has 0 spiro atoms. The van der Waals surface area contributed by atoms with E-state index in [0.717, 1.165) is 6.42 Å². The molecule has 2 atom stereocenters. The van der Waals surface area contributed by atoms with Gasteiger partial charge in [0.25, 0.3) is 0 Å². The summed E-state index contributed by atoms with van der Waals surface area (Å²) in [6.07, 6.45) is 1.10. The number of ether oxygens (including phenoxy) is 2. The maximum absolute atomic E-state index is 12.0. The summed E-state index contributed by atoms with van der Waals surface area (Å²) < 4.78 is 10.9. The Labute approximate surface area is 136 Å². The summed E-state index contributed by atoms with van der Waals surface area (Å²) >= 11 is 0. The van der Waals surface area contributed by atoms with Crippen molar-refractivity contribution < 1.29 is 19.1 Å². The zero-order valence-corrected chi connectivity index (χ0v) is 13.8. The number of hydrogen-bond donors (Lipinski definition) is 2. The number of carbonyl (C=O) groups excluding carboxylic acids is 2. The highest BCUT2D eigenvalue weighted by atomic mass is 16.5. The van der Waals surface area contributed by atoms with Gasteiger partial charge in [0.2, 0.25) is 0 Å². The lowest BCUT2D eigenvalue weighted by atomic mass is 10.2. The summed E-state index contributed by atoms with van der Waals surface area (Å²) in [5, 5.41) is 5.26. The molecule has 0 saturated heterocycles. The summed E-state index contributed by atoms with van der Waals surface area (Å²) in [4.78, 5) is 23.9. The molecule has 1 aliphatic carbocycles. The van der Waals surface area contributed by atoms with E-state index in [0.29, 0.717) is 48.8 Å². The lowest BCUT2D eigenvalue weighted by Crippen LogP contribution is -2.36. The summed E-state index contributed by atoms with van der Waals surface area (Å²) in [5.41, 5.74) is 0.428. The van der Waals surface area contributed by atoms with Gasteiger partial charge >= 0.3 is 11.8 Å². The highest BCUT2D eigenvalue weighted by Crippen LogP contribution is 2.36. The first-order valence-electron chi connectivity index (χ1n) is 8.04. The maximum Gasteiger partial charge on any atom is 0.313 e. The highest BCUT2D eigenvalue weighted by molar-refractivity contribution is 6.39. The Bertz CT molecular complexity index is 574. The molecule has 1 fully saturated rings. The second-order valence-electron chi connectivity index (χ2n) is 5.66. The Kier molecular flexibility index (Phi) is 5.84. The molecular formula is C17H24N2O4. The van der Waals surface area contributed by atoms with Crippen LogP contribution in [0.4, 0.5) is 5.69 Å². The van der Waals surface area contributed by atoms with Gasteiger partial charge in [0.05, 0.1) is 18.9 Å². The average molecular weight is 320 g/mol. The molecule has 2 N–H and O–H groups in total. The van der Waals surface area contributed by atoms with Crippen LogP contribution in [0.25, 0.3) is 0 Å². The van der Waals surface area contributed by atoms with Crippen molar-refractivity contribution in [3.8, 4) is 11.5 Å². The van der Waals surface area contributed by atoms with Gasteiger partial charge in [-0.05, 0) is 44.2 Å². The van der Waals surface area contributed by atoms with E-state index in [9.17, 15) is 9.59 Å². The van der Waals surface area contributed by atoms with Crippen LogP contribution >= 0.6 is 0 Å². The molecule has 126 valence electrons. The van der Waals surface area contributed by atoms with Crippen LogP contribution in [0.1, 0.15) is 27.2 Å². The quantitative estimate of drug-likeness (QED) is 0.755. The third-order valence-corrected chi connectivity index (χ3v) is 3.82. The van der Waals surface area contributed by atoms with Crippen LogP contribution in [0, 0.1) is 11.8 Å². The van der Waals surface area contributed by atoms with E-state index in [1.165, 1.54) is 0 Å². The molecule has 0 heterocycles. The van der Waals surface area contributed by atoms with Crippen LogP contribution in [0.3, 0.4) is 0 Å². The molecular weight excluding hydrogens is 296 g/mol. The van der Waals surface area contributed by atoms with Gasteiger partial charge in [-0.25, -0.2) is 0 Å². The van der Waals surface area contributed by atoms with Gasteiger partial charge in [-0.1, -0.05) is 6.92 Å². The summed E-state index contributed by atoms with van der Waals surface area (Å²) in [6.45, 7) is 7.38. The van der Waals surface area contributed by atoms with Crippen molar-refractivity contribution in [1.82, 2.24) is 5.32 Å². The molecule has 0 bridgehead atoms. The van der Waals surface area contributed by atoms with Crippen molar-refractivity contribution >= 4 is 17.5 Å². The summed E-state index contributed by atoms with van der Waals surface area (Å²) in [7, 11) is 0. The van der Waals surface area contributed by atoms with Crippen LogP contribution in [-0.4, -0.2) is 31.6 Å². The number of anilines is 1. The summed E-state index contributed by atoms with van der Waals surface area (Å²) in [5.74, 6) is 0.908. The number of nitrogens with one attached hydrogen (secondary N) is 2. The smallest absolute Gasteiger partial charge is 0.313 e. The van der Waals surface area contributed by atoms with Crippen molar-refractivity contribution in [2.45, 2.75) is 27.2 Å². The fourth-order valence-electron chi connectivity index (χ4n) is 2.31. The molecule has 0 radical (unpaired) electrons. The first-order valence-corrected chi connectivity index (χ1v) is 8.04. The second kappa shape index (κ2) is 7.85. The zero-order chi connectivity index (χ0) is 16.8. The van der Waals surface area contributed by atoms with Crippen LogP contribution < -0.4 is 20.1 Å². The third-order valence-electron chi connectivity index (χ3n) is 3.82. The molecule has 23 heavy (non-hydrogen) atoms. The SMILES string of the molecule is CCOc1ccc(OCC)c(NC(=O)C(=O)NC[C@H]2C[C@H]2C)c1. The second-order valence-corrected chi connectivity index (χ2v) is 5.66. The minimum Gasteiger partial charge on any atom is -0.494 e. The Hall–Kier alpha value is -2.24. The summed E-state index contributed by atoms with van der Waals surface area (Å²) in [6, 6.07) is 5.13. The number of benzene rings is 1. The van der Waals surface area contributed by atoms with Gasteiger partial charge in [0.1, 0.15) is 11.5 Å². The number of hydrogen-bond acceptors (Lipinski definition) is 4. The molecule has 6 nitrogen and oxygen atoms in total. The molecule has 0 unspecified atom stereocenters. The number of amides is 2. The minimum atomic E-state index is -0.701. The van der Waals surface area contributed by atoms with E-state index in [1.54, 1.807) is 18.2 Å². The molecule has 0 aliphatic heterocycles. The standard InChI is InChI=1S/C17H24N2O4/c1-4-22-13-6-7-15(23-5-2)14(9-13)19-17(21)16(20)18-10-12-8-11(12)3/h6-7,9,11-12H,4-5,8,10H2,1-3H3,(H,18,20)(H,19,21)/t11-,12-/m1/s1.